The van der Waals surface area contributed by atoms with Crippen LogP contribution in [0.4, 0.5) is 10.1 Å². The first-order valence-corrected chi connectivity index (χ1v) is 9.71. The lowest BCUT2D eigenvalue weighted by atomic mass is 10.2. The van der Waals surface area contributed by atoms with Crippen molar-refractivity contribution in [2.24, 2.45) is 4.99 Å². The lowest BCUT2D eigenvalue weighted by molar-refractivity contribution is 0.0533. The van der Waals surface area contributed by atoms with Crippen molar-refractivity contribution < 1.29 is 23.5 Å². The second-order valence-electron chi connectivity index (χ2n) is 5.59. The van der Waals surface area contributed by atoms with Crippen LogP contribution >= 0.6 is 22.9 Å². The molecule has 0 atom stereocenters. The van der Waals surface area contributed by atoms with Crippen LogP contribution in [0.1, 0.15) is 22.2 Å². The molecule has 0 bridgehead atoms. The summed E-state index contributed by atoms with van der Waals surface area (Å²) in [6.45, 7) is 2.05. The van der Waals surface area contributed by atoms with E-state index < -0.39 is 11.8 Å². The number of hydroxylamine groups is 1. The van der Waals surface area contributed by atoms with Gasteiger partial charge in [-0.15, -0.1) is 11.3 Å². The first-order valence-electron chi connectivity index (χ1n) is 8.51. The first kappa shape index (κ1) is 21.0. The summed E-state index contributed by atoms with van der Waals surface area (Å²) in [6, 6.07) is 5.71. The molecule has 1 N–H and O–H groups in total. The largest absolute Gasteiger partial charge is 0.496 e. The van der Waals surface area contributed by atoms with E-state index in [9.17, 15) is 9.18 Å². The second kappa shape index (κ2) is 9.64. The highest BCUT2D eigenvalue weighted by Crippen LogP contribution is 2.42. The summed E-state index contributed by atoms with van der Waals surface area (Å²) in [6.07, 6.45) is 2.88. The second-order valence-corrected chi connectivity index (χ2v) is 7.00. The van der Waals surface area contributed by atoms with Crippen molar-refractivity contribution in [2.75, 3.05) is 13.7 Å². The minimum atomic E-state index is -0.497. The number of fused-ring (bicyclic) bond motifs is 1. The van der Waals surface area contributed by atoms with Gasteiger partial charge in [0.2, 0.25) is 0 Å². The molecule has 1 aromatic carbocycles. The molecule has 2 heterocycles. The number of ether oxygens (including phenoxy) is 2. The van der Waals surface area contributed by atoms with Crippen LogP contribution in [0.25, 0.3) is 10.2 Å². The van der Waals surface area contributed by atoms with Gasteiger partial charge in [0.15, 0.2) is 0 Å². The molecule has 3 aromatic rings. The van der Waals surface area contributed by atoms with Crippen molar-refractivity contribution in [2.45, 2.75) is 13.5 Å². The molecule has 0 amide bonds. The number of nitrogens with one attached hydrogen (secondary N) is 1. The molecule has 0 radical (unpaired) electrons. The lowest BCUT2D eigenvalue weighted by Crippen LogP contribution is -2.12. The van der Waals surface area contributed by atoms with Gasteiger partial charge in [-0.25, -0.2) is 19.2 Å². The Kier molecular flexibility index (Phi) is 6.97. The summed E-state index contributed by atoms with van der Waals surface area (Å²) >= 11 is 7.12. The number of pyridine rings is 1. The van der Waals surface area contributed by atoms with Gasteiger partial charge < -0.3 is 9.47 Å². The molecule has 0 aliphatic carbocycles. The Bertz CT molecular complexity index is 1060. The van der Waals surface area contributed by atoms with Crippen molar-refractivity contribution in [1.82, 2.24) is 10.5 Å². The fourth-order valence-corrected chi connectivity index (χ4v) is 3.72. The summed E-state index contributed by atoms with van der Waals surface area (Å²) in [4.78, 5) is 27.1. The average Bonchev–Trinajstić information content (AvgIpc) is 3.08. The molecule has 10 heteroatoms. The maximum absolute atomic E-state index is 13.1. The van der Waals surface area contributed by atoms with Crippen molar-refractivity contribution in [1.29, 1.82) is 0 Å². The van der Waals surface area contributed by atoms with Crippen molar-refractivity contribution in [3.8, 4) is 5.75 Å². The van der Waals surface area contributed by atoms with Gasteiger partial charge in [-0.1, -0.05) is 17.7 Å². The van der Waals surface area contributed by atoms with Crippen LogP contribution in [0.15, 0.2) is 35.5 Å². The molecular formula is C19H17ClFN3O4S. The Balaban J connectivity index is 1.80. The topological polar surface area (TPSA) is 82.0 Å². The van der Waals surface area contributed by atoms with Crippen LogP contribution < -0.4 is 10.2 Å². The van der Waals surface area contributed by atoms with Crippen molar-refractivity contribution in [3.63, 3.8) is 0 Å². The highest BCUT2D eigenvalue weighted by Gasteiger charge is 2.22. The number of carbonyl (C=O) groups is 1. The number of methoxy groups -OCH3 is 1. The lowest BCUT2D eigenvalue weighted by Gasteiger charge is -2.05. The number of esters is 1. The van der Waals surface area contributed by atoms with Gasteiger partial charge in [0.1, 0.15) is 39.9 Å². The highest BCUT2D eigenvalue weighted by molar-refractivity contribution is 7.21. The summed E-state index contributed by atoms with van der Waals surface area (Å²) in [5.41, 5.74) is 3.53. The predicted octanol–water partition coefficient (Wildman–Crippen LogP) is 4.66. The van der Waals surface area contributed by atoms with Gasteiger partial charge >= 0.3 is 5.97 Å². The van der Waals surface area contributed by atoms with Gasteiger partial charge in [-0.05, 0) is 30.7 Å². The molecule has 0 unspecified atom stereocenters. The number of carbonyl (C=O) groups excluding carboxylic acids is 1. The van der Waals surface area contributed by atoms with E-state index in [1.54, 1.807) is 19.2 Å². The van der Waals surface area contributed by atoms with Crippen molar-refractivity contribution in [3.05, 3.63) is 51.7 Å². The van der Waals surface area contributed by atoms with E-state index >= 15 is 0 Å². The SMILES string of the molecule is CCOC(=O)c1sc2nccc(OC)c2c1N=CNOCc1ccc(F)cc1Cl. The molecule has 0 aliphatic rings. The molecule has 29 heavy (non-hydrogen) atoms. The minimum absolute atomic E-state index is 0.0884. The van der Waals surface area contributed by atoms with Gasteiger partial charge in [0.25, 0.3) is 0 Å². The van der Waals surface area contributed by atoms with Crippen LogP contribution in [-0.4, -0.2) is 31.0 Å². The number of hydrogen-bond acceptors (Lipinski definition) is 7. The van der Waals surface area contributed by atoms with E-state index in [1.807, 2.05) is 0 Å². The molecule has 0 fully saturated rings. The van der Waals surface area contributed by atoms with Crippen LogP contribution in [-0.2, 0) is 16.2 Å². The summed E-state index contributed by atoms with van der Waals surface area (Å²) < 4.78 is 23.6. The Hall–Kier alpha value is -2.75. The number of rotatable bonds is 8. The summed E-state index contributed by atoms with van der Waals surface area (Å²) in [5.74, 6) is -0.386. The van der Waals surface area contributed by atoms with E-state index in [2.05, 4.69) is 15.5 Å². The molecule has 0 saturated carbocycles. The third kappa shape index (κ3) is 4.81. The Morgan fingerprint density at radius 2 is 2.24 bits per heavy atom. The third-order valence-corrected chi connectivity index (χ3v) is 5.20. The number of benzene rings is 1. The maximum Gasteiger partial charge on any atom is 0.350 e. The van der Waals surface area contributed by atoms with E-state index in [1.165, 1.54) is 31.6 Å². The van der Waals surface area contributed by atoms with Gasteiger partial charge in [-0.3, -0.25) is 10.3 Å². The molecule has 3 rings (SSSR count). The van der Waals surface area contributed by atoms with E-state index in [4.69, 9.17) is 25.9 Å². The number of aromatic nitrogens is 1. The third-order valence-electron chi connectivity index (χ3n) is 3.78. The zero-order chi connectivity index (χ0) is 20.8. The fourth-order valence-electron chi connectivity index (χ4n) is 2.49. The quantitative estimate of drug-likeness (QED) is 0.181. The van der Waals surface area contributed by atoms with Crippen LogP contribution in [0, 0.1) is 5.82 Å². The van der Waals surface area contributed by atoms with E-state index in [0.29, 0.717) is 32.1 Å². The minimum Gasteiger partial charge on any atom is -0.496 e. The number of thiophene rings is 1. The van der Waals surface area contributed by atoms with Crippen LogP contribution in [0.3, 0.4) is 0 Å². The number of halogens is 2. The molecule has 0 spiro atoms. The highest BCUT2D eigenvalue weighted by atomic mass is 35.5. The summed E-state index contributed by atoms with van der Waals surface area (Å²) in [7, 11) is 1.53. The number of aliphatic imine (C=N–C) groups is 1. The zero-order valence-corrected chi connectivity index (χ0v) is 17.1. The molecule has 0 aliphatic heterocycles. The van der Waals surface area contributed by atoms with Crippen LogP contribution in [0.2, 0.25) is 5.02 Å². The summed E-state index contributed by atoms with van der Waals surface area (Å²) in [5, 5.41) is 0.857. The molecule has 0 saturated heterocycles. The van der Waals surface area contributed by atoms with Gasteiger partial charge in [0, 0.05) is 11.2 Å². The predicted molar refractivity (Wildman–Crippen MR) is 110 cm³/mol. The molecule has 2 aromatic heterocycles. The Morgan fingerprint density at radius 1 is 1.41 bits per heavy atom. The zero-order valence-electron chi connectivity index (χ0n) is 15.6. The number of nitrogens with zero attached hydrogens (tertiary/aromatic N) is 2. The average molecular weight is 438 g/mol. The van der Waals surface area contributed by atoms with E-state index in [0.717, 1.165) is 11.3 Å². The maximum atomic E-state index is 13.1. The monoisotopic (exact) mass is 437 g/mol. The first-order chi connectivity index (χ1) is 14.0. The number of hydrogen-bond donors (Lipinski definition) is 1. The van der Waals surface area contributed by atoms with Gasteiger partial charge in [0.05, 0.1) is 19.1 Å². The Labute approximate surface area is 175 Å². The van der Waals surface area contributed by atoms with Crippen LogP contribution in [0.5, 0.6) is 5.75 Å². The van der Waals surface area contributed by atoms with E-state index in [-0.39, 0.29) is 18.2 Å². The smallest absolute Gasteiger partial charge is 0.350 e. The normalized spacial score (nSPS) is 11.2. The Morgan fingerprint density at radius 3 is 2.97 bits per heavy atom. The molecule has 152 valence electrons. The molecule has 7 nitrogen and oxygen atoms in total. The standard InChI is InChI=1S/C19H17ClFN3O4S/c1-3-27-19(25)17-16(15-14(26-2)6-7-22-18(15)29-17)23-10-24-28-9-11-4-5-12(21)8-13(11)20/h4-8,10H,3,9H2,1-2H3,(H,23,24). The fraction of sp³-hybridized carbons (Fsp3) is 0.211. The van der Waals surface area contributed by atoms with Crippen molar-refractivity contribution >= 4 is 51.1 Å². The molecular weight excluding hydrogens is 421 g/mol. The van der Waals surface area contributed by atoms with Gasteiger partial charge in [-0.2, -0.15) is 0 Å².